The van der Waals surface area contributed by atoms with Gasteiger partial charge in [-0.3, -0.25) is 4.79 Å². The van der Waals surface area contributed by atoms with E-state index >= 15 is 0 Å². The van der Waals surface area contributed by atoms with Crippen LogP contribution >= 0.6 is 11.6 Å². The Kier molecular flexibility index (Phi) is 4.51. The third kappa shape index (κ3) is 3.37. The summed E-state index contributed by atoms with van der Waals surface area (Å²) >= 11 is 6.05. The topological polar surface area (TPSA) is 106 Å². The van der Waals surface area contributed by atoms with Crippen LogP contribution in [0.2, 0.25) is 5.02 Å². The van der Waals surface area contributed by atoms with Gasteiger partial charge in [-0.1, -0.05) is 28.8 Å². The zero-order valence-corrected chi connectivity index (χ0v) is 14.5. The molecule has 2 heterocycles. The van der Waals surface area contributed by atoms with Gasteiger partial charge in [0.15, 0.2) is 11.4 Å². The molecule has 8 nitrogen and oxygen atoms in total. The molecule has 1 atom stereocenters. The van der Waals surface area contributed by atoms with Crippen LogP contribution in [0.15, 0.2) is 40.9 Å². The fraction of sp³-hybridized carbons (Fsp3) is 0.438. The van der Waals surface area contributed by atoms with Gasteiger partial charge in [-0.15, -0.1) is 0 Å². The Morgan fingerprint density at radius 3 is 2.92 bits per heavy atom. The van der Waals surface area contributed by atoms with Crippen LogP contribution < -0.4 is 5.32 Å². The molecule has 2 aliphatic rings. The van der Waals surface area contributed by atoms with Crippen molar-refractivity contribution in [2.24, 2.45) is 5.11 Å². The third-order valence-electron chi connectivity index (χ3n) is 3.87. The highest BCUT2D eigenvalue weighted by Crippen LogP contribution is 2.45. The number of fused-ring (bicyclic) bond motifs is 1. The van der Waals surface area contributed by atoms with E-state index in [1.807, 2.05) is 0 Å². The van der Waals surface area contributed by atoms with E-state index < -0.39 is 11.4 Å². The quantitative estimate of drug-likeness (QED) is 0.492. The molecule has 3 rings (SSSR count). The van der Waals surface area contributed by atoms with E-state index in [9.17, 15) is 4.79 Å². The number of amides is 1. The first-order valence-electron chi connectivity index (χ1n) is 7.66. The van der Waals surface area contributed by atoms with Crippen molar-refractivity contribution in [3.05, 3.63) is 56.8 Å². The molecule has 1 aromatic carbocycles. The molecule has 0 spiro atoms. The monoisotopic (exact) mass is 364 g/mol. The number of hydrogen-bond donors (Lipinski definition) is 1. The van der Waals surface area contributed by atoms with Crippen molar-refractivity contribution >= 4 is 17.5 Å². The highest BCUT2D eigenvalue weighted by Gasteiger charge is 2.56. The highest BCUT2D eigenvalue weighted by atomic mass is 35.5. The lowest BCUT2D eigenvalue weighted by Gasteiger charge is -2.25. The molecule has 1 aromatic rings. The van der Waals surface area contributed by atoms with Crippen LogP contribution in [0.25, 0.3) is 10.4 Å². The zero-order chi connectivity index (χ0) is 18.1. The number of carbonyl (C=O) groups is 1. The Labute approximate surface area is 149 Å². The van der Waals surface area contributed by atoms with Crippen LogP contribution in [0.3, 0.4) is 0 Å². The minimum absolute atomic E-state index is 0.0193. The molecule has 9 heteroatoms. The fourth-order valence-corrected chi connectivity index (χ4v) is 3.12. The van der Waals surface area contributed by atoms with Crippen LogP contribution in [0.4, 0.5) is 0 Å². The normalized spacial score (nSPS) is 23.3. The van der Waals surface area contributed by atoms with Crippen LogP contribution in [-0.4, -0.2) is 37.0 Å². The summed E-state index contributed by atoms with van der Waals surface area (Å²) < 4.78 is 17.4. The molecule has 2 aliphatic heterocycles. The van der Waals surface area contributed by atoms with Crippen molar-refractivity contribution < 1.29 is 19.0 Å². The van der Waals surface area contributed by atoms with Gasteiger partial charge in [-0.25, -0.2) is 0 Å². The number of nitrogens with one attached hydrogen (secondary N) is 1. The first-order valence-corrected chi connectivity index (χ1v) is 8.04. The van der Waals surface area contributed by atoms with E-state index in [2.05, 4.69) is 15.3 Å². The van der Waals surface area contributed by atoms with Crippen LogP contribution in [-0.2, 0) is 14.2 Å². The number of ether oxygens (including phenoxy) is 3. The first kappa shape index (κ1) is 17.4. The number of halogens is 1. The molecule has 1 saturated heterocycles. The summed E-state index contributed by atoms with van der Waals surface area (Å²) in [6.07, 6.45) is 0. The van der Waals surface area contributed by atoms with Gasteiger partial charge in [0.2, 0.25) is 5.79 Å². The summed E-state index contributed by atoms with van der Waals surface area (Å²) in [5.74, 6) is -0.341. The molecule has 0 aromatic heterocycles. The minimum atomic E-state index is -0.958. The van der Waals surface area contributed by atoms with Gasteiger partial charge < -0.3 is 19.5 Å². The molecule has 1 N–H and O–H groups in total. The molecular weight excluding hydrogens is 348 g/mol. The number of hydrogen-bond acceptors (Lipinski definition) is 5. The summed E-state index contributed by atoms with van der Waals surface area (Å²) in [6, 6.07) is 6.77. The van der Waals surface area contributed by atoms with Gasteiger partial charge >= 0.3 is 0 Å². The van der Waals surface area contributed by atoms with E-state index in [1.165, 1.54) is 0 Å². The summed E-state index contributed by atoms with van der Waals surface area (Å²) in [5.41, 5.74) is 7.92. The molecule has 1 amide bonds. The Morgan fingerprint density at radius 1 is 1.44 bits per heavy atom. The minimum Gasteiger partial charge on any atom is -0.491 e. The van der Waals surface area contributed by atoms with E-state index in [-0.39, 0.29) is 25.6 Å². The van der Waals surface area contributed by atoms with Crippen molar-refractivity contribution in [2.45, 2.75) is 25.2 Å². The lowest BCUT2D eigenvalue weighted by Crippen LogP contribution is -2.46. The zero-order valence-electron chi connectivity index (χ0n) is 13.8. The number of nitrogens with zero attached hydrogens (tertiary/aromatic N) is 3. The van der Waals surface area contributed by atoms with E-state index in [4.69, 9.17) is 31.3 Å². The van der Waals surface area contributed by atoms with E-state index in [0.717, 1.165) is 0 Å². The molecule has 0 bridgehead atoms. The largest absolute Gasteiger partial charge is 0.491 e. The fourth-order valence-electron chi connectivity index (χ4n) is 2.90. The average Bonchev–Trinajstić information content (AvgIpc) is 3.02. The second-order valence-corrected chi connectivity index (χ2v) is 6.60. The lowest BCUT2D eigenvalue weighted by molar-refractivity contribution is -0.170. The number of benzene rings is 1. The molecule has 0 radical (unpaired) electrons. The second-order valence-electron chi connectivity index (χ2n) is 6.19. The maximum Gasteiger partial charge on any atom is 0.252 e. The Balaban J connectivity index is 1.80. The van der Waals surface area contributed by atoms with E-state index in [1.54, 1.807) is 38.1 Å². The van der Waals surface area contributed by atoms with Gasteiger partial charge in [0.05, 0.1) is 23.7 Å². The molecule has 0 unspecified atom stereocenters. The molecule has 1 fully saturated rings. The molecular formula is C16H17ClN4O4. The average molecular weight is 365 g/mol. The Hall–Kier alpha value is -2.41. The summed E-state index contributed by atoms with van der Waals surface area (Å²) in [5, 5.41) is 6.68. The SMILES string of the molecule is CC1(C)OC2=C(CN=[N+]=[N-])OC[C@]2(CNC(=O)c2ccccc2Cl)O1. The highest BCUT2D eigenvalue weighted by molar-refractivity contribution is 6.33. The summed E-state index contributed by atoms with van der Waals surface area (Å²) in [7, 11) is 0. The molecule has 0 aliphatic carbocycles. The first-order chi connectivity index (χ1) is 11.9. The summed E-state index contributed by atoms with van der Waals surface area (Å²) in [4.78, 5) is 15.1. The van der Waals surface area contributed by atoms with Crippen molar-refractivity contribution in [1.82, 2.24) is 5.32 Å². The van der Waals surface area contributed by atoms with Gasteiger partial charge in [-0.2, -0.15) is 0 Å². The van der Waals surface area contributed by atoms with Crippen LogP contribution in [0.5, 0.6) is 0 Å². The van der Waals surface area contributed by atoms with Crippen LogP contribution in [0, 0.1) is 0 Å². The lowest BCUT2D eigenvalue weighted by atomic mass is 10.0. The molecule has 132 valence electrons. The van der Waals surface area contributed by atoms with Gasteiger partial charge in [-0.05, 0) is 17.7 Å². The molecule has 0 saturated carbocycles. The van der Waals surface area contributed by atoms with Crippen molar-refractivity contribution in [1.29, 1.82) is 0 Å². The maximum atomic E-state index is 12.4. The molecule has 25 heavy (non-hydrogen) atoms. The third-order valence-corrected chi connectivity index (χ3v) is 4.20. The summed E-state index contributed by atoms with van der Waals surface area (Å²) in [6.45, 7) is 3.84. The number of carbonyl (C=O) groups excluding carboxylic acids is 1. The predicted molar refractivity (Wildman–Crippen MR) is 89.8 cm³/mol. The van der Waals surface area contributed by atoms with Gasteiger partial charge in [0.1, 0.15) is 12.4 Å². The number of azide groups is 1. The number of rotatable bonds is 5. The van der Waals surface area contributed by atoms with Gasteiger partial charge in [0.25, 0.3) is 5.91 Å². The predicted octanol–water partition coefficient (Wildman–Crippen LogP) is 3.14. The van der Waals surface area contributed by atoms with Crippen molar-refractivity contribution in [3.63, 3.8) is 0 Å². The second kappa shape index (κ2) is 6.48. The van der Waals surface area contributed by atoms with E-state index in [0.29, 0.717) is 22.1 Å². The van der Waals surface area contributed by atoms with Gasteiger partial charge in [0, 0.05) is 18.8 Å². The van der Waals surface area contributed by atoms with Crippen LogP contribution in [0.1, 0.15) is 24.2 Å². The van der Waals surface area contributed by atoms with Crippen molar-refractivity contribution in [2.75, 3.05) is 19.7 Å². The maximum absolute atomic E-state index is 12.4. The Morgan fingerprint density at radius 2 is 2.20 bits per heavy atom. The smallest absolute Gasteiger partial charge is 0.252 e. The Bertz CT molecular complexity index is 788. The standard InChI is InChI=1S/C16H17ClN4O4/c1-15(2)24-13-12(7-20-21-18)23-9-16(13,25-15)8-19-14(22)10-5-3-4-6-11(10)17/h3-6H,7-9H2,1-2H3,(H,19,22)/t16-/m0/s1. The van der Waals surface area contributed by atoms with Crippen molar-refractivity contribution in [3.8, 4) is 0 Å².